The number of nitrogens with one attached hydrogen (secondary N) is 2. The first-order valence-electron chi connectivity index (χ1n) is 17.8. The lowest BCUT2D eigenvalue weighted by molar-refractivity contribution is 0.0130. The van der Waals surface area contributed by atoms with Crippen LogP contribution >= 0.6 is 23.5 Å². The highest BCUT2D eigenvalue weighted by Crippen LogP contribution is 2.92. The minimum absolute atomic E-state index is 0.0950. The predicted molar refractivity (Wildman–Crippen MR) is 194 cm³/mol. The highest BCUT2D eigenvalue weighted by Gasteiger charge is 2.86. The maximum atomic E-state index is 12.9. The van der Waals surface area contributed by atoms with E-state index in [9.17, 15) is 9.59 Å². The molecule has 0 aromatic carbocycles. The van der Waals surface area contributed by atoms with Crippen molar-refractivity contribution >= 4 is 41.4 Å². The van der Waals surface area contributed by atoms with Gasteiger partial charge in [0.2, 0.25) is 5.88 Å². The standard InChI is InChI=1S/C37H48ClN7O4S/c1-34(2,3)49-33(47)44-22-24(20-35(44,4)5)8-6-7-18-39-28-11-9-25(21-40-28)50-43-32(46)26-10-12-29(41-31(26)38)45-19-13-30(42-45)48-23-27-36(14-15-36)37(27)16-17-37/h9-13,19,21,24,27H,6-8,14-18,20,22-23H2,1-5H3,(H,39,40)(H,43,46). The Balaban J connectivity index is 0.808. The average Bonchev–Trinajstić information content (AvgIpc) is 4.01. The maximum Gasteiger partial charge on any atom is 0.410 e. The molecule has 2 spiro atoms. The maximum absolute atomic E-state index is 12.9. The van der Waals surface area contributed by atoms with E-state index in [1.54, 1.807) is 29.2 Å². The molecule has 2 amide bonds. The number of ether oxygens (including phenoxy) is 2. The van der Waals surface area contributed by atoms with Gasteiger partial charge < -0.3 is 19.7 Å². The van der Waals surface area contributed by atoms with Crippen LogP contribution in [0.25, 0.3) is 5.82 Å². The van der Waals surface area contributed by atoms with Crippen LogP contribution in [0, 0.1) is 22.7 Å². The number of unbranched alkanes of at least 4 members (excludes halogenated alkanes) is 1. The molecule has 4 aliphatic rings. The Hall–Kier alpha value is -3.51. The SMILES string of the molecule is CC(C)(C)OC(=O)N1CC(CCCCNc2ccc(SNC(=O)c3ccc(-n4ccc(OCC5C6(CC6)C56CC6)n4)nc3Cl)cn2)CC1(C)C. The van der Waals surface area contributed by atoms with Gasteiger partial charge in [-0.05, 0) is 133 Å². The lowest BCUT2D eigenvalue weighted by Crippen LogP contribution is -2.45. The van der Waals surface area contributed by atoms with Gasteiger partial charge in [0, 0.05) is 47.9 Å². The summed E-state index contributed by atoms with van der Waals surface area (Å²) in [5.41, 5.74) is 0.781. The number of pyridine rings is 2. The summed E-state index contributed by atoms with van der Waals surface area (Å²) >= 11 is 7.61. The number of nitrogens with zero attached hydrogens (tertiary/aromatic N) is 5. The molecule has 4 heterocycles. The number of carbonyl (C=O) groups excluding carboxylic acids is 2. The molecule has 3 saturated carbocycles. The van der Waals surface area contributed by atoms with Crippen molar-refractivity contribution in [3.05, 3.63) is 53.4 Å². The van der Waals surface area contributed by atoms with Crippen molar-refractivity contribution in [3.63, 3.8) is 0 Å². The third kappa shape index (κ3) is 7.28. The summed E-state index contributed by atoms with van der Waals surface area (Å²) in [6.45, 7) is 12.2. The first-order chi connectivity index (χ1) is 23.8. The molecule has 0 bridgehead atoms. The molecular formula is C37H48ClN7O4S. The summed E-state index contributed by atoms with van der Waals surface area (Å²) in [7, 11) is 0. The Morgan fingerprint density at radius 3 is 2.48 bits per heavy atom. The van der Waals surface area contributed by atoms with Crippen LogP contribution in [-0.4, -0.2) is 67.5 Å². The fourth-order valence-corrected chi connectivity index (χ4v) is 9.02. The van der Waals surface area contributed by atoms with E-state index < -0.39 is 5.60 Å². The minimum Gasteiger partial charge on any atom is -0.476 e. The zero-order chi connectivity index (χ0) is 35.3. The van der Waals surface area contributed by atoms with Crippen molar-refractivity contribution in [3.8, 4) is 11.7 Å². The highest BCUT2D eigenvalue weighted by molar-refractivity contribution is 7.98. The number of carbonyl (C=O) groups is 2. The van der Waals surface area contributed by atoms with Crippen LogP contribution < -0.4 is 14.8 Å². The van der Waals surface area contributed by atoms with E-state index in [0.717, 1.165) is 56.1 Å². The Bertz CT molecular complexity index is 1710. The molecule has 4 fully saturated rings. The number of hydrogen-bond acceptors (Lipinski definition) is 9. The largest absolute Gasteiger partial charge is 0.476 e. The van der Waals surface area contributed by atoms with Crippen LogP contribution in [-0.2, 0) is 4.74 Å². The Labute approximate surface area is 303 Å². The van der Waals surface area contributed by atoms with Gasteiger partial charge in [-0.3, -0.25) is 9.52 Å². The molecule has 268 valence electrons. The first kappa shape index (κ1) is 34.9. The van der Waals surface area contributed by atoms with E-state index in [2.05, 4.69) is 39.0 Å². The number of amides is 2. The summed E-state index contributed by atoms with van der Waals surface area (Å²) in [5, 5.41) is 7.99. The molecule has 3 aliphatic carbocycles. The van der Waals surface area contributed by atoms with Crippen molar-refractivity contribution in [2.45, 2.75) is 102 Å². The normalized spacial score (nSPS) is 20.9. The van der Waals surface area contributed by atoms with Gasteiger partial charge >= 0.3 is 6.09 Å². The second kappa shape index (κ2) is 13.2. The molecule has 0 radical (unpaired) electrons. The number of halogens is 1. The van der Waals surface area contributed by atoms with E-state index in [-0.39, 0.29) is 28.3 Å². The van der Waals surface area contributed by atoms with Crippen molar-refractivity contribution in [2.24, 2.45) is 22.7 Å². The fraction of sp³-hybridized carbons (Fsp3) is 0.595. The lowest BCUT2D eigenvalue weighted by Gasteiger charge is -2.33. The summed E-state index contributed by atoms with van der Waals surface area (Å²) in [4.78, 5) is 37.2. The van der Waals surface area contributed by atoms with E-state index in [1.807, 2.05) is 43.9 Å². The summed E-state index contributed by atoms with van der Waals surface area (Å²) in [6, 6.07) is 9.01. The fourth-order valence-electron chi connectivity index (χ4n) is 8.22. The Morgan fingerprint density at radius 1 is 1.06 bits per heavy atom. The number of hydrogen-bond donors (Lipinski definition) is 2. The first-order valence-corrected chi connectivity index (χ1v) is 19.0. The van der Waals surface area contributed by atoms with Gasteiger partial charge in [-0.1, -0.05) is 18.0 Å². The molecule has 3 aromatic rings. The molecule has 7 rings (SSSR count). The van der Waals surface area contributed by atoms with Crippen molar-refractivity contribution in [1.82, 2.24) is 29.4 Å². The second-order valence-corrected chi connectivity index (χ2v) is 17.3. The average molecular weight is 722 g/mol. The molecule has 1 saturated heterocycles. The minimum atomic E-state index is -0.494. The van der Waals surface area contributed by atoms with Gasteiger partial charge in [0.15, 0.2) is 5.82 Å². The van der Waals surface area contributed by atoms with Gasteiger partial charge in [0.1, 0.15) is 16.6 Å². The molecule has 3 aromatic heterocycles. The monoisotopic (exact) mass is 721 g/mol. The molecule has 2 N–H and O–H groups in total. The van der Waals surface area contributed by atoms with Crippen LogP contribution in [0.4, 0.5) is 10.6 Å². The molecule has 50 heavy (non-hydrogen) atoms. The van der Waals surface area contributed by atoms with Gasteiger partial charge in [0.05, 0.1) is 12.2 Å². The van der Waals surface area contributed by atoms with E-state index in [1.165, 1.54) is 37.6 Å². The number of rotatable bonds is 13. The molecule has 11 nitrogen and oxygen atoms in total. The predicted octanol–water partition coefficient (Wildman–Crippen LogP) is 7.94. The highest BCUT2D eigenvalue weighted by atomic mass is 35.5. The van der Waals surface area contributed by atoms with Crippen LogP contribution in [0.3, 0.4) is 0 Å². The zero-order valence-electron chi connectivity index (χ0n) is 29.6. The van der Waals surface area contributed by atoms with Gasteiger partial charge in [-0.15, -0.1) is 5.10 Å². The summed E-state index contributed by atoms with van der Waals surface area (Å²) in [5.74, 6) is 2.67. The molecule has 1 aliphatic heterocycles. The van der Waals surface area contributed by atoms with Crippen LogP contribution in [0.1, 0.15) is 96.3 Å². The number of aromatic nitrogens is 4. The van der Waals surface area contributed by atoms with Crippen molar-refractivity contribution < 1.29 is 19.1 Å². The molecular weight excluding hydrogens is 674 g/mol. The van der Waals surface area contributed by atoms with E-state index in [0.29, 0.717) is 34.4 Å². The van der Waals surface area contributed by atoms with Gasteiger partial charge in [-0.2, -0.15) is 0 Å². The summed E-state index contributed by atoms with van der Waals surface area (Å²) in [6.07, 6.45) is 12.8. The van der Waals surface area contributed by atoms with E-state index in [4.69, 9.17) is 21.1 Å². The third-order valence-electron chi connectivity index (χ3n) is 11.0. The number of fused-ring (bicyclic) bond motifs is 1. The molecule has 1 unspecified atom stereocenters. The second-order valence-electron chi connectivity index (χ2n) is 16.1. The third-order valence-corrected chi connectivity index (χ3v) is 12.1. The van der Waals surface area contributed by atoms with Gasteiger partial charge in [-0.25, -0.2) is 19.4 Å². The van der Waals surface area contributed by atoms with Crippen LogP contribution in [0.15, 0.2) is 47.6 Å². The van der Waals surface area contributed by atoms with Crippen molar-refractivity contribution in [2.75, 3.05) is 25.0 Å². The van der Waals surface area contributed by atoms with Crippen LogP contribution in [0.2, 0.25) is 5.15 Å². The number of likely N-dealkylation sites (tertiary alicyclic amines) is 1. The van der Waals surface area contributed by atoms with Crippen LogP contribution in [0.5, 0.6) is 5.88 Å². The molecule has 13 heteroatoms. The Morgan fingerprint density at radius 2 is 1.82 bits per heavy atom. The topological polar surface area (TPSA) is 124 Å². The summed E-state index contributed by atoms with van der Waals surface area (Å²) < 4.78 is 16.1. The smallest absolute Gasteiger partial charge is 0.410 e. The quantitative estimate of drug-likeness (QED) is 0.103. The zero-order valence-corrected chi connectivity index (χ0v) is 31.2. The Kier molecular flexibility index (Phi) is 9.24. The van der Waals surface area contributed by atoms with Crippen molar-refractivity contribution in [1.29, 1.82) is 0 Å². The molecule has 1 atom stereocenters. The number of anilines is 1. The lowest BCUT2D eigenvalue weighted by atomic mass is 9.93. The van der Waals surface area contributed by atoms with E-state index >= 15 is 0 Å². The van der Waals surface area contributed by atoms with Gasteiger partial charge in [0.25, 0.3) is 5.91 Å².